The topological polar surface area (TPSA) is 95.9 Å². The van der Waals surface area contributed by atoms with Crippen LogP contribution >= 0.6 is 0 Å². The minimum atomic E-state index is -1.20. The summed E-state index contributed by atoms with van der Waals surface area (Å²) in [6.07, 6.45) is 0. The average Bonchev–Trinajstić information content (AvgIpc) is 2.29. The third-order valence-corrected chi connectivity index (χ3v) is 2.00. The van der Waals surface area contributed by atoms with Crippen LogP contribution in [-0.4, -0.2) is 41.9 Å². The zero-order valence-corrected chi connectivity index (χ0v) is 9.35. The molecule has 0 saturated carbocycles. The standard InChI is InChI=1S/C11H12FNO5/c12-8-5-7(11(16)17)1-2-9(8)13-3-4-18-6-10(14)15/h1-2,5,13H,3-4,6H2,(H,14,15)(H,16,17). The number of anilines is 1. The molecule has 0 aliphatic rings. The quantitative estimate of drug-likeness (QED) is 0.631. The highest BCUT2D eigenvalue weighted by Crippen LogP contribution is 2.15. The first-order valence-electron chi connectivity index (χ1n) is 5.07. The van der Waals surface area contributed by atoms with Crippen LogP contribution in [0.1, 0.15) is 10.4 Å². The fourth-order valence-electron chi connectivity index (χ4n) is 1.21. The summed E-state index contributed by atoms with van der Waals surface area (Å²) in [5.41, 5.74) is -0.000831. The van der Waals surface area contributed by atoms with Crippen LogP contribution in [-0.2, 0) is 9.53 Å². The lowest BCUT2D eigenvalue weighted by Gasteiger charge is -2.07. The normalized spacial score (nSPS) is 10.1. The number of halogens is 1. The minimum absolute atomic E-state index is 0.104. The molecule has 0 spiro atoms. The van der Waals surface area contributed by atoms with Gasteiger partial charge in [0, 0.05) is 6.54 Å². The monoisotopic (exact) mass is 257 g/mol. The largest absolute Gasteiger partial charge is 0.480 e. The highest BCUT2D eigenvalue weighted by atomic mass is 19.1. The van der Waals surface area contributed by atoms with Crippen molar-refractivity contribution in [3.63, 3.8) is 0 Å². The van der Waals surface area contributed by atoms with Crippen LogP contribution in [0.2, 0.25) is 0 Å². The lowest BCUT2D eigenvalue weighted by atomic mass is 10.2. The molecule has 0 aliphatic heterocycles. The second-order valence-electron chi connectivity index (χ2n) is 3.37. The van der Waals surface area contributed by atoms with Gasteiger partial charge in [-0.1, -0.05) is 0 Å². The van der Waals surface area contributed by atoms with Gasteiger partial charge in [-0.2, -0.15) is 0 Å². The van der Waals surface area contributed by atoms with Crippen molar-refractivity contribution in [2.75, 3.05) is 25.1 Å². The molecule has 0 saturated heterocycles. The summed E-state index contributed by atoms with van der Waals surface area (Å²) in [5.74, 6) is -2.97. The first-order chi connectivity index (χ1) is 8.50. The van der Waals surface area contributed by atoms with Gasteiger partial charge in [-0.05, 0) is 18.2 Å². The van der Waals surface area contributed by atoms with E-state index in [4.69, 9.17) is 14.9 Å². The summed E-state index contributed by atoms with van der Waals surface area (Å²) in [7, 11) is 0. The molecule has 0 aliphatic carbocycles. The van der Waals surface area contributed by atoms with Crippen molar-refractivity contribution in [3.05, 3.63) is 29.6 Å². The smallest absolute Gasteiger partial charge is 0.335 e. The van der Waals surface area contributed by atoms with Gasteiger partial charge in [0.1, 0.15) is 12.4 Å². The van der Waals surface area contributed by atoms with E-state index in [1.807, 2.05) is 0 Å². The van der Waals surface area contributed by atoms with Crippen molar-refractivity contribution in [2.45, 2.75) is 0 Å². The van der Waals surface area contributed by atoms with Crippen LogP contribution in [0.3, 0.4) is 0 Å². The summed E-state index contributed by atoms with van der Waals surface area (Å²) < 4.78 is 18.1. The van der Waals surface area contributed by atoms with Gasteiger partial charge in [0.2, 0.25) is 0 Å². The van der Waals surface area contributed by atoms with Gasteiger partial charge in [0.25, 0.3) is 0 Å². The summed E-state index contributed by atoms with van der Waals surface area (Å²) in [6, 6.07) is 3.48. The molecule has 98 valence electrons. The second-order valence-corrected chi connectivity index (χ2v) is 3.37. The molecule has 0 unspecified atom stereocenters. The number of benzene rings is 1. The third kappa shape index (κ3) is 4.38. The Labute approximate surface area is 102 Å². The van der Waals surface area contributed by atoms with Crippen LogP contribution in [0.25, 0.3) is 0 Å². The van der Waals surface area contributed by atoms with E-state index in [-0.39, 0.29) is 24.4 Å². The molecule has 0 radical (unpaired) electrons. The number of carboxylic acids is 2. The van der Waals surface area contributed by atoms with E-state index in [1.165, 1.54) is 12.1 Å². The molecule has 0 aromatic heterocycles. The summed E-state index contributed by atoms with van der Waals surface area (Å²) in [4.78, 5) is 20.7. The van der Waals surface area contributed by atoms with Crippen molar-refractivity contribution in [3.8, 4) is 0 Å². The highest BCUT2D eigenvalue weighted by Gasteiger charge is 2.07. The molecular weight excluding hydrogens is 245 g/mol. The van der Waals surface area contributed by atoms with Crippen molar-refractivity contribution in [2.24, 2.45) is 0 Å². The van der Waals surface area contributed by atoms with Gasteiger partial charge < -0.3 is 20.3 Å². The molecule has 0 atom stereocenters. The Hall–Kier alpha value is -2.15. The maximum Gasteiger partial charge on any atom is 0.335 e. The minimum Gasteiger partial charge on any atom is -0.480 e. The van der Waals surface area contributed by atoms with E-state index in [1.54, 1.807) is 0 Å². The van der Waals surface area contributed by atoms with E-state index in [0.717, 1.165) is 6.07 Å². The third-order valence-electron chi connectivity index (χ3n) is 2.00. The molecule has 1 aromatic rings. The van der Waals surface area contributed by atoms with Crippen molar-refractivity contribution < 1.29 is 28.9 Å². The highest BCUT2D eigenvalue weighted by molar-refractivity contribution is 5.88. The molecule has 0 bridgehead atoms. The maximum atomic E-state index is 13.4. The Bertz CT molecular complexity index is 449. The molecular formula is C11H12FNO5. The Kier molecular flexibility index (Phi) is 5.06. The summed E-state index contributed by atoms with van der Waals surface area (Å²) in [5, 5.41) is 19.6. The van der Waals surface area contributed by atoms with Crippen LogP contribution in [0.4, 0.5) is 10.1 Å². The molecule has 1 rings (SSSR count). The number of ether oxygens (including phenoxy) is 1. The van der Waals surface area contributed by atoms with Crippen molar-refractivity contribution >= 4 is 17.6 Å². The van der Waals surface area contributed by atoms with Gasteiger partial charge in [-0.3, -0.25) is 0 Å². The Morgan fingerprint density at radius 3 is 2.61 bits per heavy atom. The number of aromatic carboxylic acids is 1. The predicted molar refractivity (Wildman–Crippen MR) is 60.3 cm³/mol. The number of aliphatic carboxylic acids is 1. The molecule has 6 nitrogen and oxygen atoms in total. The molecule has 7 heteroatoms. The van der Waals surface area contributed by atoms with Crippen molar-refractivity contribution in [1.29, 1.82) is 0 Å². The number of carboxylic acid groups (broad SMARTS) is 2. The molecule has 0 fully saturated rings. The predicted octanol–water partition coefficient (Wildman–Crippen LogP) is 1.04. The molecule has 18 heavy (non-hydrogen) atoms. The lowest BCUT2D eigenvalue weighted by molar-refractivity contribution is -0.142. The number of nitrogens with one attached hydrogen (secondary N) is 1. The van der Waals surface area contributed by atoms with Crippen LogP contribution < -0.4 is 5.32 Å². The fourth-order valence-corrected chi connectivity index (χ4v) is 1.21. The van der Waals surface area contributed by atoms with E-state index in [0.29, 0.717) is 0 Å². The average molecular weight is 257 g/mol. The second kappa shape index (κ2) is 6.55. The molecule has 3 N–H and O–H groups in total. The molecule has 0 heterocycles. The maximum absolute atomic E-state index is 13.4. The zero-order chi connectivity index (χ0) is 13.5. The Morgan fingerprint density at radius 1 is 1.33 bits per heavy atom. The van der Waals surface area contributed by atoms with E-state index < -0.39 is 24.4 Å². The van der Waals surface area contributed by atoms with E-state index in [9.17, 15) is 14.0 Å². The lowest BCUT2D eigenvalue weighted by Crippen LogP contribution is -2.14. The van der Waals surface area contributed by atoms with Crippen molar-refractivity contribution in [1.82, 2.24) is 0 Å². The fraction of sp³-hybridized carbons (Fsp3) is 0.273. The zero-order valence-electron chi connectivity index (χ0n) is 9.35. The molecule has 0 amide bonds. The number of hydrogen-bond acceptors (Lipinski definition) is 4. The Balaban J connectivity index is 2.43. The molecule has 1 aromatic carbocycles. The van der Waals surface area contributed by atoms with Gasteiger partial charge >= 0.3 is 11.9 Å². The Morgan fingerprint density at radius 2 is 2.06 bits per heavy atom. The van der Waals surface area contributed by atoms with E-state index in [2.05, 4.69) is 5.32 Å². The first-order valence-corrected chi connectivity index (χ1v) is 5.07. The summed E-state index contributed by atoms with van der Waals surface area (Å²) >= 11 is 0. The number of rotatable bonds is 7. The summed E-state index contributed by atoms with van der Waals surface area (Å²) in [6.45, 7) is -0.0921. The first kappa shape index (κ1) is 13.9. The van der Waals surface area contributed by atoms with Crippen LogP contribution in [0.15, 0.2) is 18.2 Å². The van der Waals surface area contributed by atoms with Gasteiger partial charge in [-0.25, -0.2) is 14.0 Å². The number of hydrogen-bond donors (Lipinski definition) is 3. The SMILES string of the molecule is O=C(O)COCCNc1ccc(C(=O)O)cc1F. The van der Waals surface area contributed by atoms with Gasteiger partial charge in [0.15, 0.2) is 0 Å². The van der Waals surface area contributed by atoms with E-state index >= 15 is 0 Å². The van der Waals surface area contributed by atoms with Crippen LogP contribution in [0.5, 0.6) is 0 Å². The van der Waals surface area contributed by atoms with Gasteiger partial charge in [0.05, 0.1) is 17.9 Å². The number of carbonyl (C=O) groups is 2. The van der Waals surface area contributed by atoms with Gasteiger partial charge in [-0.15, -0.1) is 0 Å². The van der Waals surface area contributed by atoms with Crippen LogP contribution in [0, 0.1) is 5.82 Å².